The van der Waals surface area contributed by atoms with Crippen LogP contribution in [0.3, 0.4) is 0 Å². The Morgan fingerprint density at radius 3 is 2.16 bits per heavy atom. The molecule has 134 valence electrons. The molecule has 0 bridgehead atoms. The highest BCUT2D eigenvalue weighted by atomic mass is 16.5. The zero-order valence-corrected chi connectivity index (χ0v) is 14.9. The minimum absolute atomic E-state index is 0.196. The molecule has 6 nitrogen and oxygen atoms in total. The van der Waals surface area contributed by atoms with E-state index in [9.17, 15) is 4.79 Å². The molecule has 0 aromatic heterocycles. The van der Waals surface area contributed by atoms with Crippen molar-refractivity contribution < 1.29 is 23.7 Å². The lowest BCUT2D eigenvalue weighted by Gasteiger charge is -2.12. The van der Waals surface area contributed by atoms with Gasteiger partial charge in [0.1, 0.15) is 0 Å². The van der Waals surface area contributed by atoms with E-state index < -0.39 is 0 Å². The van der Waals surface area contributed by atoms with Crippen molar-refractivity contribution in [2.75, 3.05) is 27.9 Å². The summed E-state index contributed by atoms with van der Waals surface area (Å²) in [5, 5.41) is 2.88. The standard InChI is InChI=1S/C19H23NO5/c1-5-25-18-11-14(7-9-16(18)23-3)19(21)20-12-13-6-8-15(22-2)17(10-13)24-4/h6-11H,5,12H2,1-4H3,(H,20,21). The van der Waals surface area contributed by atoms with Gasteiger partial charge in [-0.3, -0.25) is 4.79 Å². The van der Waals surface area contributed by atoms with Crippen LogP contribution in [0.1, 0.15) is 22.8 Å². The zero-order chi connectivity index (χ0) is 18.2. The smallest absolute Gasteiger partial charge is 0.251 e. The lowest BCUT2D eigenvalue weighted by molar-refractivity contribution is 0.0950. The zero-order valence-electron chi connectivity index (χ0n) is 14.9. The second-order valence-electron chi connectivity index (χ2n) is 5.17. The normalized spacial score (nSPS) is 10.1. The Morgan fingerprint density at radius 1 is 0.880 bits per heavy atom. The largest absolute Gasteiger partial charge is 0.493 e. The maximum atomic E-state index is 12.4. The number of nitrogens with one attached hydrogen (secondary N) is 1. The molecule has 2 aromatic carbocycles. The number of benzene rings is 2. The summed E-state index contributed by atoms with van der Waals surface area (Å²) in [6, 6.07) is 10.6. The van der Waals surface area contributed by atoms with Crippen LogP contribution >= 0.6 is 0 Å². The number of ether oxygens (including phenoxy) is 4. The quantitative estimate of drug-likeness (QED) is 0.796. The molecule has 0 fully saturated rings. The molecule has 0 saturated heterocycles. The van der Waals surface area contributed by atoms with E-state index in [2.05, 4.69) is 5.32 Å². The van der Waals surface area contributed by atoms with Gasteiger partial charge >= 0.3 is 0 Å². The van der Waals surface area contributed by atoms with Gasteiger partial charge in [-0.05, 0) is 42.8 Å². The maximum absolute atomic E-state index is 12.4. The van der Waals surface area contributed by atoms with Crippen LogP contribution in [0.4, 0.5) is 0 Å². The molecule has 0 unspecified atom stereocenters. The average molecular weight is 345 g/mol. The summed E-state index contributed by atoms with van der Waals surface area (Å²) in [6.07, 6.45) is 0. The van der Waals surface area contributed by atoms with E-state index in [4.69, 9.17) is 18.9 Å². The number of methoxy groups -OCH3 is 3. The minimum atomic E-state index is -0.196. The number of rotatable bonds is 8. The van der Waals surface area contributed by atoms with Crippen molar-refractivity contribution >= 4 is 5.91 Å². The fourth-order valence-electron chi connectivity index (χ4n) is 2.36. The molecule has 1 amide bonds. The number of hydrogen-bond donors (Lipinski definition) is 1. The lowest BCUT2D eigenvalue weighted by atomic mass is 10.1. The molecular formula is C19H23NO5. The first-order valence-corrected chi connectivity index (χ1v) is 7.92. The summed E-state index contributed by atoms with van der Waals surface area (Å²) >= 11 is 0. The topological polar surface area (TPSA) is 66.0 Å². The molecule has 1 N–H and O–H groups in total. The van der Waals surface area contributed by atoms with Gasteiger partial charge in [-0.25, -0.2) is 0 Å². The minimum Gasteiger partial charge on any atom is -0.493 e. The number of hydrogen-bond acceptors (Lipinski definition) is 5. The molecule has 0 aliphatic carbocycles. The van der Waals surface area contributed by atoms with Crippen molar-refractivity contribution in [3.63, 3.8) is 0 Å². The SMILES string of the molecule is CCOc1cc(C(=O)NCc2ccc(OC)c(OC)c2)ccc1OC. The molecule has 0 radical (unpaired) electrons. The van der Waals surface area contributed by atoms with E-state index in [-0.39, 0.29) is 5.91 Å². The van der Waals surface area contributed by atoms with E-state index in [1.165, 1.54) is 0 Å². The Morgan fingerprint density at radius 2 is 1.52 bits per heavy atom. The van der Waals surface area contributed by atoms with E-state index >= 15 is 0 Å². The van der Waals surface area contributed by atoms with Gasteiger partial charge in [-0.15, -0.1) is 0 Å². The molecule has 0 heterocycles. The fraction of sp³-hybridized carbons (Fsp3) is 0.316. The predicted octanol–water partition coefficient (Wildman–Crippen LogP) is 3.04. The Balaban J connectivity index is 2.08. The van der Waals surface area contributed by atoms with E-state index in [0.717, 1.165) is 5.56 Å². The van der Waals surface area contributed by atoms with Crippen molar-refractivity contribution in [1.82, 2.24) is 5.32 Å². The van der Waals surface area contributed by atoms with E-state index in [0.29, 0.717) is 41.7 Å². The first-order chi connectivity index (χ1) is 12.1. The molecule has 0 atom stereocenters. The van der Waals surface area contributed by atoms with Gasteiger partial charge in [0.05, 0.1) is 27.9 Å². The Labute approximate surface area is 147 Å². The molecular weight excluding hydrogens is 322 g/mol. The summed E-state index contributed by atoms with van der Waals surface area (Å²) < 4.78 is 21.2. The first kappa shape index (κ1) is 18.4. The number of carbonyl (C=O) groups excluding carboxylic acids is 1. The summed E-state index contributed by atoms with van der Waals surface area (Å²) in [7, 11) is 4.72. The van der Waals surface area contributed by atoms with Gasteiger partial charge in [0, 0.05) is 12.1 Å². The summed E-state index contributed by atoms with van der Waals surface area (Å²) in [6.45, 7) is 2.74. The summed E-state index contributed by atoms with van der Waals surface area (Å²) in [5.74, 6) is 2.21. The first-order valence-electron chi connectivity index (χ1n) is 7.92. The number of amides is 1. The van der Waals surface area contributed by atoms with Gasteiger partial charge in [0.25, 0.3) is 5.91 Å². The van der Waals surface area contributed by atoms with Crippen LogP contribution in [0.5, 0.6) is 23.0 Å². The van der Waals surface area contributed by atoms with Crippen LogP contribution in [-0.4, -0.2) is 33.8 Å². The molecule has 0 aliphatic rings. The van der Waals surface area contributed by atoms with Crippen molar-refractivity contribution in [2.24, 2.45) is 0 Å². The molecule has 0 spiro atoms. The highest BCUT2D eigenvalue weighted by Gasteiger charge is 2.12. The Hall–Kier alpha value is -2.89. The summed E-state index contributed by atoms with van der Waals surface area (Å²) in [5.41, 5.74) is 1.41. The fourth-order valence-corrected chi connectivity index (χ4v) is 2.36. The molecule has 25 heavy (non-hydrogen) atoms. The average Bonchev–Trinajstić information content (AvgIpc) is 2.65. The van der Waals surface area contributed by atoms with Crippen LogP contribution in [0.2, 0.25) is 0 Å². The second-order valence-corrected chi connectivity index (χ2v) is 5.17. The van der Waals surface area contributed by atoms with Crippen molar-refractivity contribution in [2.45, 2.75) is 13.5 Å². The van der Waals surface area contributed by atoms with Gasteiger partial charge in [-0.2, -0.15) is 0 Å². The molecule has 2 aromatic rings. The van der Waals surface area contributed by atoms with Crippen LogP contribution < -0.4 is 24.3 Å². The maximum Gasteiger partial charge on any atom is 0.251 e. The lowest BCUT2D eigenvalue weighted by Crippen LogP contribution is -2.22. The van der Waals surface area contributed by atoms with Crippen molar-refractivity contribution in [3.05, 3.63) is 47.5 Å². The van der Waals surface area contributed by atoms with Gasteiger partial charge < -0.3 is 24.3 Å². The van der Waals surface area contributed by atoms with Crippen LogP contribution in [0.15, 0.2) is 36.4 Å². The second kappa shape index (κ2) is 8.82. The van der Waals surface area contributed by atoms with Gasteiger partial charge in [0.2, 0.25) is 0 Å². The van der Waals surface area contributed by atoms with Gasteiger partial charge in [-0.1, -0.05) is 6.07 Å². The predicted molar refractivity (Wildman–Crippen MR) is 94.9 cm³/mol. The molecule has 0 aliphatic heterocycles. The molecule has 2 rings (SSSR count). The van der Waals surface area contributed by atoms with E-state index in [1.54, 1.807) is 45.6 Å². The Kier molecular flexibility index (Phi) is 6.51. The van der Waals surface area contributed by atoms with Crippen LogP contribution in [0.25, 0.3) is 0 Å². The number of carbonyl (C=O) groups is 1. The van der Waals surface area contributed by atoms with Crippen LogP contribution in [-0.2, 0) is 6.54 Å². The molecule has 0 saturated carbocycles. The third kappa shape index (κ3) is 4.56. The molecule has 6 heteroatoms. The third-order valence-electron chi connectivity index (χ3n) is 3.63. The van der Waals surface area contributed by atoms with Gasteiger partial charge in [0.15, 0.2) is 23.0 Å². The van der Waals surface area contributed by atoms with Crippen molar-refractivity contribution in [3.8, 4) is 23.0 Å². The summed E-state index contributed by atoms with van der Waals surface area (Å²) in [4.78, 5) is 12.4. The van der Waals surface area contributed by atoms with E-state index in [1.807, 2.05) is 19.1 Å². The Bertz CT molecular complexity index is 730. The van der Waals surface area contributed by atoms with Crippen LogP contribution in [0, 0.1) is 0 Å². The van der Waals surface area contributed by atoms with Crippen molar-refractivity contribution in [1.29, 1.82) is 0 Å². The third-order valence-corrected chi connectivity index (χ3v) is 3.63. The highest BCUT2D eigenvalue weighted by molar-refractivity contribution is 5.94. The highest BCUT2D eigenvalue weighted by Crippen LogP contribution is 2.29. The monoisotopic (exact) mass is 345 g/mol.